The highest BCUT2D eigenvalue weighted by molar-refractivity contribution is 7.89. The molecular weight excluding hydrogens is 409 g/mol. The van der Waals surface area contributed by atoms with Gasteiger partial charge in [0.15, 0.2) is 0 Å². The van der Waals surface area contributed by atoms with Crippen LogP contribution < -0.4 is 5.32 Å². The van der Waals surface area contributed by atoms with Crippen LogP contribution in [0.2, 0.25) is 0 Å². The maximum Gasteiger partial charge on any atom is 0.243 e. The second-order valence-corrected chi connectivity index (χ2v) is 10.2. The van der Waals surface area contributed by atoms with Crippen LogP contribution in [0.5, 0.6) is 0 Å². The minimum atomic E-state index is -3.65. The lowest BCUT2D eigenvalue weighted by Gasteiger charge is -2.35. The van der Waals surface area contributed by atoms with Crippen LogP contribution in [0.3, 0.4) is 0 Å². The number of morpholine rings is 1. The van der Waals surface area contributed by atoms with Crippen molar-refractivity contribution in [2.75, 3.05) is 39.3 Å². The third-order valence-electron chi connectivity index (χ3n) is 5.72. The smallest absolute Gasteiger partial charge is 0.243 e. The number of hydrogen-bond donors (Lipinski definition) is 1. The van der Waals surface area contributed by atoms with Gasteiger partial charge in [-0.15, -0.1) is 0 Å². The number of amides is 1. The second kappa shape index (κ2) is 10.2. The van der Waals surface area contributed by atoms with E-state index in [1.165, 1.54) is 16.4 Å². The summed E-state index contributed by atoms with van der Waals surface area (Å²) in [6.07, 6.45) is 2.33. The van der Waals surface area contributed by atoms with E-state index in [1.807, 2.05) is 0 Å². The summed E-state index contributed by atoms with van der Waals surface area (Å²) in [7, 11) is -3.65. The number of halogens is 1. The molecule has 0 aromatic heterocycles. The minimum absolute atomic E-state index is 0.00227. The quantitative estimate of drug-likeness (QED) is 0.654. The highest BCUT2D eigenvalue weighted by Crippen LogP contribution is 2.24. The molecule has 1 aromatic rings. The van der Waals surface area contributed by atoms with Crippen molar-refractivity contribution in [2.24, 2.45) is 5.92 Å². The molecule has 2 atom stereocenters. The van der Waals surface area contributed by atoms with Crippen LogP contribution in [-0.4, -0.2) is 75.0 Å². The normalized spacial score (nSPS) is 24.6. The molecule has 0 radical (unpaired) electrons. The summed E-state index contributed by atoms with van der Waals surface area (Å²) in [6.45, 7) is 8.11. The minimum Gasteiger partial charge on any atom is -0.373 e. The zero-order valence-electron chi connectivity index (χ0n) is 17.7. The molecule has 2 unspecified atom stereocenters. The highest BCUT2D eigenvalue weighted by atomic mass is 32.2. The Labute approximate surface area is 178 Å². The Bertz CT molecular complexity index is 800. The van der Waals surface area contributed by atoms with E-state index in [2.05, 4.69) is 24.1 Å². The predicted octanol–water partition coefficient (Wildman–Crippen LogP) is 1.84. The molecule has 2 aliphatic rings. The van der Waals surface area contributed by atoms with Gasteiger partial charge in [0, 0.05) is 45.2 Å². The lowest BCUT2D eigenvalue weighted by molar-refractivity contribution is -0.126. The molecule has 0 bridgehead atoms. The van der Waals surface area contributed by atoms with E-state index < -0.39 is 15.8 Å². The lowest BCUT2D eigenvalue weighted by Crippen LogP contribution is -2.46. The molecular formula is C21H32FN3O4S. The van der Waals surface area contributed by atoms with E-state index in [1.54, 1.807) is 0 Å². The molecule has 2 fully saturated rings. The Morgan fingerprint density at radius 1 is 1.13 bits per heavy atom. The van der Waals surface area contributed by atoms with Crippen molar-refractivity contribution in [3.63, 3.8) is 0 Å². The average Bonchev–Trinajstić information content (AvgIpc) is 2.71. The van der Waals surface area contributed by atoms with Crippen molar-refractivity contribution in [2.45, 2.75) is 50.2 Å². The number of nitrogens with zero attached hydrogens (tertiary/aromatic N) is 2. The largest absolute Gasteiger partial charge is 0.373 e. The van der Waals surface area contributed by atoms with Gasteiger partial charge < -0.3 is 10.1 Å². The van der Waals surface area contributed by atoms with Crippen molar-refractivity contribution in [1.82, 2.24) is 14.5 Å². The number of sulfonamides is 1. The van der Waals surface area contributed by atoms with Gasteiger partial charge in [-0.25, -0.2) is 12.8 Å². The Kier molecular flexibility index (Phi) is 7.84. The maximum atomic E-state index is 13.1. The Hall–Kier alpha value is -1.55. The van der Waals surface area contributed by atoms with Crippen LogP contribution in [-0.2, 0) is 19.6 Å². The fraction of sp³-hybridized carbons (Fsp3) is 0.667. The Balaban J connectivity index is 1.39. The summed E-state index contributed by atoms with van der Waals surface area (Å²) in [5, 5.41) is 3.00. The molecule has 3 rings (SSSR count). The van der Waals surface area contributed by atoms with E-state index in [9.17, 15) is 17.6 Å². The molecule has 0 spiro atoms. The van der Waals surface area contributed by atoms with E-state index >= 15 is 0 Å². The number of carbonyl (C=O) groups excluding carboxylic acids is 1. The Morgan fingerprint density at radius 2 is 1.73 bits per heavy atom. The molecule has 9 heteroatoms. The first-order chi connectivity index (χ1) is 14.3. The van der Waals surface area contributed by atoms with Gasteiger partial charge in [0.1, 0.15) is 5.82 Å². The second-order valence-electron chi connectivity index (χ2n) is 8.29. The van der Waals surface area contributed by atoms with E-state index in [4.69, 9.17) is 4.74 Å². The number of nitrogens with one attached hydrogen (secondary N) is 1. The fourth-order valence-electron chi connectivity index (χ4n) is 4.24. The highest BCUT2D eigenvalue weighted by Gasteiger charge is 2.32. The van der Waals surface area contributed by atoms with Gasteiger partial charge in [0.25, 0.3) is 0 Å². The SMILES string of the molecule is CC1CN(CCCNC(=O)C2CCN(S(=O)(=O)c3ccc(F)cc3)CC2)CC(C)O1. The molecule has 2 aliphatic heterocycles. The van der Waals surface area contributed by atoms with Gasteiger partial charge in [-0.1, -0.05) is 0 Å². The van der Waals surface area contributed by atoms with Gasteiger partial charge in [-0.3, -0.25) is 9.69 Å². The van der Waals surface area contributed by atoms with Crippen molar-refractivity contribution < 1.29 is 22.3 Å². The first-order valence-corrected chi connectivity index (χ1v) is 12.1. The molecule has 1 aromatic carbocycles. The van der Waals surface area contributed by atoms with Crippen LogP contribution in [0.1, 0.15) is 33.1 Å². The number of carbonyl (C=O) groups is 1. The summed E-state index contributed by atoms with van der Waals surface area (Å²) in [4.78, 5) is 14.9. The summed E-state index contributed by atoms with van der Waals surface area (Å²) < 4.78 is 45.5. The molecule has 2 heterocycles. The number of hydrogen-bond acceptors (Lipinski definition) is 5. The molecule has 1 N–H and O–H groups in total. The monoisotopic (exact) mass is 441 g/mol. The van der Waals surface area contributed by atoms with Crippen molar-refractivity contribution in [1.29, 1.82) is 0 Å². The molecule has 0 aliphatic carbocycles. The van der Waals surface area contributed by atoms with Gasteiger partial charge in [0.05, 0.1) is 17.1 Å². The zero-order valence-corrected chi connectivity index (χ0v) is 18.5. The van der Waals surface area contributed by atoms with Gasteiger partial charge >= 0.3 is 0 Å². The third kappa shape index (κ3) is 6.00. The molecule has 1 amide bonds. The molecule has 168 valence electrons. The fourth-order valence-corrected chi connectivity index (χ4v) is 5.71. The predicted molar refractivity (Wildman–Crippen MR) is 112 cm³/mol. The van der Waals surface area contributed by atoms with Crippen LogP contribution in [0.25, 0.3) is 0 Å². The van der Waals surface area contributed by atoms with E-state index in [0.717, 1.165) is 38.2 Å². The van der Waals surface area contributed by atoms with Crippen molar-refractivity contribution in [3.8, 4) is 0 Å². The number of piperidine rings is 1. The third-order valence-corrected chi connectivity index (χ3v) is 7.63. The van der Waals surface area contributed by atoms with Crippen LogP contribution >= 0.6 is 0 Å². The van der Waals surface area contributed by atoms with E-state index in [0.29, 0.717) is 32.5 Å². The standard InChI is InChI=1S/C21H32FN3O4S/c1-16-14-24(15-17(2)29-16)11-3-10-23-21(26)18-8-12-25(13-9-18)30(27,28)20-6-4-19(22)5-7-20/h4-7,16-18H,3,8-15H2,1-2H3,(H,23,26). The van der Waals surface area contributed by atoms with Gasteiger partial charge in [-0.2, -0.15) is 4.31 Å². The van der Waals surface area contributed by atoms with Crippen LogP contribution in [0, 0.1) is 11.7 Å². The van der Waals surface area contributed by atoms with Gasteiger partial charge in [-0.05, 0) is 57.4 Å². The summed E-state index contributed by atoms with van der Waals surface area (Å²) in [5.74, 6) is -0.646. The maximum absolute atomic E-state index is 13.1. The average molecular weight is 442 g/mol. The number of benzene rings is 1. The first kappa shape index (κ1) is 23.1. The molecule has 7 nitrogen and oxygen atoms in total. The van der Waals surface area contributed by atoms with Crippen LogP contribution in [0.4, 0.5) is 4.39 Å². The number of rotatable bonds is 7. The molecule has 30 heavy (non-hydrogen) atoms. The lowest BCUT2D eigenvalue weighted by atomic mass is 9.97. The molecule has 2 saturated heterocycles. The van der Waals surface area contributed by atoms with Crippen molar-refractivity contribution >= 4 is 15.9 Å². The van der Waals surface area contributed by atoms with Crippen molar-refractivity contribution in [3.05, 3.63) is 30.1 Å². The Morgan fingerprint density at radius 3 is 2.33 bits per heavy atom. The van der Waals surface area contributed by atoms with Crippen LogP contribution in [0.15, 0.2) is 29.2 Å². The van der Waals surface area contributed by atoms with Gasteiger partial charge in [0.2, 0.25) is 15.9 Å². The summed E-state index contributed by atoms with van der Waals surface area (Å²) in [6, 6.07) is 4.84. The topological polar surface area (TPSA) is 79.0 Å². The summed E-state index contributed by atoms with van der Waals surface area (Å²) in [5.41, 5.74) is 0. The number of ether oxygens (including phenoxy) is 1. The van der Waals surface area contributed by atoms with E-state index in [-0.39, 0.29) is 28.9 Å². The molecule has 0 saturated carbocycles. The first-order valence-electron chi connectivity index (χ1n) is 10.7. The summed E-state index contributed by atoms with van der Waals surface area (Å²) >= 11 is 0. The zero-order chi connectivity index (χ0) is 21.7.